The van der Waals surface area contributed by atoms with Gasteiger partial charge in [0, 0.05) is 35.2 Å². The highest BCUT2D eigenvalue weighted by atomic mass is 19.1. The summed E-state index contributed by atoms with van der Waals surface area (Å²) in [7, 11) is 0. The number of aromatic nitrogens is 1. The first kappa shape index (κ1) is 21.5. The molecule has 0 amide bonds. The maximum atomic E-state index is 14.5. The molecule has 0 aliphatic carbocycles. The van der Waals surface area contributed by atoms with Crippen LogP contribution < -0.4 is 0 Å². The van der Waals surface area contributed by atoms with Gasteiger partial charge in [0.25, 0.3) is 0 Å². The van der Waals surface area contributed by atoms with E-state index in [1.807, 2.05) is 36.4 Å². The summed E-state index contributed by atoms with van der Waals surface area (Å²) in [6, 6.07) is 18.3. The van der Waals surface area contributed by atoms with Gasteiger partial charge >= 0.3 is 0 Å². The van der Waals surface area contributed by atoms with Crippen LogP contribution in [0.3, 0.4) is 0 Å². The molecule has 4 aromatic rings. The van der Waals surface area contributed by atoms with E-state index >= 15 is 0 Å². The van der Waals surface area contributed by atoms with E-state index in [1.54, 1.807) is 18.5 Å². The van der Waals surface area contributed by atoms with Gasteiger partial charge < -0.3 is 0 Å². The van der Waals surface area contributed by atoms with Crippen molar-refractivity contribution in [3.63, 3.8) is 0 Å². The summed E-state index contributed by atoms with van der Waals surface area (Å²) in [5.41, 5.74) is 4.77. The first-order valence-corrected chi connectivity index (χ1v) is 10.7. The van der Waals surface area contributed by atoms with Crippen LogP contribution in [0.4, 0.5) is 4.39 Å². The normalized spacial score (nSPS) is 10.8. The number of halogens is 1. The van der Waals surface area contributed by atoms with Gasteiger partial charge in [0.1, 0.15) is 5.82 Å². The van der Waals surface area contributed by atoms with Crippen molar-refractivity contribution in [3.8, 4) is 11.8 Å². The quantitative estimate of drug-likeness (QED) is 0.273. The van der Waals surface area contributed by atoms with Crippen molar-refractivity contribution in [1.82, 2.24) is 4.98 Å². The van der Waals surface area contributed by atoms with Crippen LogP contribution in [-0.2, 0) is 6.42 Å². The first-order chi connectivity index (χ1) is 15.4. The molecule has 0 aliphatic heterocycles. The molecule has 0 radical (unpaired) electrons. The van der Waals surface area contributed by atoms with Crippen LogP contribution in [-0.4, -0.2) is 10.8 Å². The molecule has 0 N–H and O–H groups in total. The van der Waals surface area contributed by atoms with E-state index in [0.29, 0.717) is 11.5 Å². The van der Waals surface area contributed by atoms with Crippen LogP contribution in [0.25, 0.3) is 10.8 Å². The minimum absolute atomic E-state index is 0.0520. The maximum Gasteiger partial charge on any atom is 0.167 e. The Morgan fingerprint density at radius 2 is 1.75 bits per heavy atom. The van der Waals surface area contributed by atoms with Crippen molar-refractivity contribution in [2.75, 3.05) is 0 Å². The molecule has 0 spiro atoms. The topological polar surface area (TPSA) is 30.0 Å². The van der Waals surface area contributed by atoms with Crippen LogP contribution in [0.5, 0.6) is 0 Å². The molecule has 4 rings (SSSR count). The molecule has 0 atom stereocenters. The Balaban J connectivity index is 1.64. The van der Waals surface area contributed by atoms with Crippen LogP contribution in [0, 0.1) is 24.6 Å². The van der Waals surface area contributed by atoms with Crippen LogP contribution >= 0.6 is 0 Å². The second-order valence-electron chi connectivity index (χ2n) is 8.24. The lowest BCUT2D eigenvalue weighted by atomic mass is 9.91. The molecule has 1 aromatic heterocycles. The number of carbonyl (C=O) groups excluding carboxylic acids is 1. The SMILES string of the molecule is Cc1c(CC(=O)c2ccc(F)c(C#Cc3cncc4ccccc34)c2)cccc1C(C)C. The van der Waals surface area contributed by atoms with E-state index < -0.39 is 5.82 Å². The molecule has 0 saturated heterocycles. The number of benzene rings is 3. The highest BCUT2D eigenvalue weighted by molar-refractivity contribution is 5.98. The van der Waals surface area contributed by atoms with Gasteiger partial charge in [-0.2, -0.15) is 0 Å². The molecule has 0 aliphatic rings. The largest absolute Gasteiger partial charge is 0.294 e. The second-order valence-corrected chi connectivity index (χ2v) is 8.24. The Hall–Kier alpha value is -3.77. The molecular formula is C29H24FNO. The van der Waals surface area contributed by atoms with Crippen molar-refractivity contribution in [2.45, 2.75) is 33.1 Å². The highest BCUT2D eigenvalue weighted by Gasteiger charge is 2.14. The zero-order valence-corrected chi connectivity index (χ0v) is 18.4. The molecule has 32 heavy (non-hydrogen) atoms. The van der Waals surface area contributed by atoms with Gasteiger partial charge in [-0.05, 0) is 47.7 Å². The van der Waals surface area contributed by atoms with E-state index in [-0.39, 0.29) is 17.8 Å². The molecule has 1 heterocycles. The number of rotatable bonds is 4. The fourth-order valence-electron chi connectivity index (χ4n) is 3.94. The molecular weight excluding hydrogens is 397 g/mol. The van der Waals surface area contributed by atoms with Crippen LogP contribution in [0.1, 0.15) is 57.9 Å². The van der Waals surface area contributed by atoms with E-state index in [4.69, 9.17) is 0 Å². The lowest BCUT2D eigenvalue weighted by molar-refractivity contribution is 0.0992. The zero-order valence-electron chi connectivity index (χ0n) is 18.4. The third-order valence-electron chi connectivity index (χ3n) is 5.75. The van der Waals surface area contributed by atoms with E-state index in [1.165, 1.54) is 17.7 Å². The lowest BCUT2D eigenvalue weighted by Gasteiger charge is -2.13. The summed E-state index contributed by atoms with van der Waals surface area (Å²) in [5, 5.41) is 1.94. The molecule has 0 bridgehead atoms. The molecule has 2 nitrogen and oxygen atoms in total. The fourth-order valence-corrected chi connectivity index (χ4v) is 3.94. The Kier molecular flexibility index (Phi) is 6.14. The predicted molar refractivity (Wildman–Crippen MR) is 127 cm³/mol. The molecule has 3 heteroatoms. The van der Waals surface area contributed by atoms with Crippen molar-refractivity contribution in [1.29, 1.82) is 0 Å². The number of hydrogen-bond donors (Lipinski definition) is 0. The molecule has 0 unspecified atom stereocenters. The Morgan fingerprint density at radius 1 is 0.969 bits per heavy atom. The van der Waals surface area contributed by atoms with E-state index in [2.05, 4.69) is 43.7 Å². The van der Waals surface area contributed by atoms with Crippen molar-refractivity contribution < 1.29 is 9.18 Å². The molecule has 0 fully saturated rings. The monoisotopic (exact) mass is 421 g/mol. The van der Waals surface area contributed by atoms with E-state index in [0.717, 1.165) is 27.5 Å². The molecule has 0 saturated carbocycles. The van der Waals surface area contributed by atoms with Gasteiger partial charge in [0.15, 0.2) is 5.78 Å². The number of fused-ring (bicyclic) bond motifs is 1. The number of pyridine rings is 1. The number of nitrogens with zero attached hydrogens (tertiary/aromatic N) is 1. The number of Topliss-reactive ketones (excluding diaryl/α,β-unsaturated/α-hetero) is 1. The van der Waals surface area contributed by atoms with Crippen LogP contribution in [0.2, 0.25) is 0 Å². The standard InChI is InChI=1S/C29H24FNO/c1-19(2)26-10-6-8-21(20(26)3)16-29(32)23-13-14-28(30)22(15-23)11-12-25-18-31-17-24-7-4-5-9-27(24)25/h4-10,13-15,17-19H,16H2,1-3H3. The zero-order chi connectivity index (χ0) is 22.7. The summed E-state index contributed by atoms with van der Waals surface area (Å²) in [4.78, 5) is 17.2. The van der Waals surface area contributed by atoms with Gasteiger partial charge in [-0.25, -0.2) is 4.39 Å². The summed E-state index contributed by atoms with van der Waals surface area (Å²) in [6.07, 6.45) is 3.72. The van der Waals surface area contributed by atoms with Gasteiger partial charge in [0.2, 0.25) is 0 Å². The summed E-state index contributed by atoms with van der Waals surface area (Å²) in [6.45, 7) is 6.34. The number of hydrogen-bond acceptors (Lipinski definition) is 2. The first-order valence-electron chi connectivity index (χ1n) is 10.7. The number of carbonyl (C=O) groups is 1. The average Bonchev–Trinajstić information content (AvgIpc) is 2.79. The minimum atomic E-state index is -0.444. The summed E-state index contributed by atoms with van der Waals surface area (Å²) < 4.78 is 14.5. The van der Waals surface area contributed by atoms with Gasteiger partial charge in [-0.15, -0.1) is 0 Å². The Morgan fingerprint density at radius 3 is 2.56 bits per heavy atom. The van der Waals surface area contributed by atoms with Gasteiger partial charge in [-0.1, -0.05) is 68.2 Å². The fraction of sp³-hybridized carbons (Fsp3) is 0.172. The molecule has 3 aromatic carbocycles. The highest BCUT2D eigenvalue weighted by Crippen LogP contribution is 2.23. The number of ketones is 1. The minimum Gasteiger partial charge on any atom is -0.294 e. The van der Waals surface area contributed by atoms with Gasteiger partial charge in [-0.3, -0.25) is 9.78 Å². The Bertz CT molecular complexity index is 1370. The third kappa shape index (κ3) is 4.45. The molecule has 158 valence electrons. The van der Waals surface area contributed by atoms with Crippen LogP contribution in [0.15, 0.2) is 73.1 Å². The van der Waals surface area contributed by atoms with Crippen molar-refractivity contribution in [3.05, 3.63) is 112 Å². The second kappa shape index (κ2) is 9.16. The summed E-state index contributed by atoms with van der Waals surface area (Å²) >= 11 is 0. The van der Waals surface area contributed by atoms with Crippen molar-refractivity contribution in [2.24, 2.45) is 0 Å². The van der Waals surface area contributed by atoms with Gasteiger partial charge in [0.05, 0.1) is 11.1 Å². The predicted octanol–water partition coefficient (Wildman–Crippen LogP) is 6.63. The third-order valence-corrected chi connectivity index (χ3v) is 5.75. The average molecular weight is 422 g/mol. The Labute approximate surface area is 188 Å². The lowest BCUT2D eigenvalue weighted by Crippen LogP contribution is -2.07. The van der Waals surface area contributed by atoms with E-state index in [9.17, 15) is 9.18 Å². The summed E-state index contributed by atoms with van der Waals surface area (Å²) in [5.74, 6) is 5.82. The maximum absolute atomic E-state index is 14.5. The van der Waals surface area contributed by atoms with Crippen molar-refractivity contribution >= 4 is 16.6 Å². The smallest absolute Gasteiger partial charge is 0.167 e.